The zero-order chi connectivity index (χ0) is 47.7. The first kappa shape index (κ1) is 63.1. The number of hydrogen-bond donors (Lipinski definition) is 1. The lowest BCUT2D eigenvalue weighted by atomic mass is 10.0. The molecule has 1 N–H and O–H groups in total. The molecule has 0 aliphatic heterocycles. The SMILES string of the molecule is CC/C=C\C/C=C\C/C=C\C/C=C\C/C=C\CC(=O)OC(CO)COC(=O)CCCCCCCCCCCCCCCCCCCCCCCCCCC/C=C\C/C=C\CCCCCCC. The van der Waals surface area contributed by atoms with Gasteiger partial charge in [0.05, 0.1) is 13.0 Å². The number of ether oxygens (including phenoxy) is 2. The van der Waals surface area contributed by atoms with E-state index >= 15 is 0 Å². The van der Waals surface area contributed by atoms with Gasteiger partial charge < -0.3 is 14.6 Å². The molecule has 66 heavy (non-hydrogen) atoms. The Balaban J connectivity index is 3.44. The summed E-state index contributed by atoms with van der Waals surface area (Å²) in [6.07, 6.45) is 78.9. The average Bonchev–Trinajstić information content (AvgIpc) is 3.32. The Morgan fingerprint density at radius 3 is 1.06 bits per heavy atom. The lowest BCUT2D eigenvalue weighted by Gasteiger charge is -2.15. The third kappa shape index (κ3) is 53.7. The van der Waals surface area contributed by atoms with E-state index in [9.17, 15) is 14.7 Å². The van der Waals surface area contributed by atoms with E-state index in [0.29, 0.717) is 6.42 Å². The lowest BCUT2D eigenvalue weighted by Crippen LogP contribution is -2.28. The van der Waals surface area contributed by atoms with Gasteiger partial charge in [-0.05, 0) is 70.6 Å². The zero-order valence-corrected chi connectivity index (χ0v) is 43.4. The van der Waals surface area contributed by atoms with E-state index in [4.69, 9.17) is 9.47 Å². The van der Waals surface area contributed by atoms with E-state index in [1.807, 2.05) is 6.08 Å². The largest absolute Gasteiger partial charge is 0.462 e. The first-order valence-electron chi connectivity index (χ1n) is 28.1. The summed E-state index contributed by atoms with van der Waals surface area (Å²) in [5, 5.41) is 9.59. The molecule has 0 spiro atoms. The van der Waals surface area contributed by atoms with Crippen molar-refractivity contribution in [3.8, 4) is 0 Å². The molecule has 0 aromatic rings. The number of aliphatic hydroxyl groups excluding tert-OH is 1. The maximum absolute atomic E-state index is 12.2. The molecule has 1 unspecified atom stereocenters. The summed E-state index contributed by atoms with van der Waals surface area (Å²) in [5.74, 6) is -0.733. The van der Waals surface area contributed by atoms with Crippen LogP contribution in [0.1, 0.15) is 271 Å². The maximum atomic E-state index is 12.2. The maximum Gasteiger partial charge on any atom is 0.310 e. The van der Waals surface area contributed by atoms with Crippen LogP contribution < -0.4 is 0 Å². The van der Waals surface area contributed by atoms with Crippen LogP contribution in [-0.2, 0) is 19.1 Å². The van der Waals surface area contributed by atoms with Crippen molar-refractivity contribution in [2.45, 2.75) is 277 Å². The van der Waals surface area contributed by atoms with Crippen LogP contribution in [-0.4, -0.2) is 36.4 Å². The van der Waals surface area contributed by atoms with Gasteiger partial charge in [-0.15, -0.1) is 0 Å². The van der Waals surface area contributed by atoms with Gasteiger partial charge in [-0.1, -0.05) is 272 Å². The monoisotopic (exact) mass is 919 g/mol. The molecule has 0 radical (unpaired) electrons. The van der Waals surface area contributed by atoms with Crippen molar-refractivity contribution in [2.24, 2.45) is 0 Å². The van der Waals surface area contributed by atoms with Gasteiger partial charge in [0.1, 0.15) is 6.61 Å². The average molecular weight is 920 g/mol. The van der Waals surface area contributed by atoms with E-state index < -0.39 is 12.1 Å². The quantitative estimate of drug-likeness (QED) is 0.0374. The fraction of sp³-hybridized carbons (Fsp3) is 0.738. The molecular weight excluding hydrogens is 813 g/mol. The molecule has 5 nitrogen and oxygen atoms in total. The predicted octanol–water partition coefficient (Wildman–Crippen LogP) is 19.0. The summed E-state index contributed by atoms with van der Waals surface area (Å²) >= 11 is 0. The molecule has 0 saturated carbocycles. The second-order valence-corrected chi connectivity index (χ2v) is 18.6. The molecule has 0 fully saturated rings. The Kier molecular flexibility index (Phi) is 53.9. The molecule has 380 valence electrons. The summed E-state index contributed by atoms with van der Waals surface area (Å²) in [7, 11) is 0. The Hall–Kier alpha value is -2.92. The number of carbonyl (C=O) groups is 2. The molecule has 0 bridgehead atoms. The lowest BCUT2D eigenvalue weighted by molar-refractivity contribution is -0.160. The fourth-order valence-corrected chi connectivity index (χ4v) is 8.02. The highest BCUT2D eigenvalue weighted by molar-refractivity contribution is 5.71. The summed E-state index contributed by atoms with van der Waals surface area (Å²) in [6.45, 7) is 3.94. The number of esters is 2. The number of carbonyl (C=O) groups excluding carboxylic acids is 2. The van der Waals surface area contributed by atoms with E-state index in [0.717, 1.165) is 57.8 Å². The summed E-state index contributed by atoms with van der Waals surface area (Å²) in [4.78, 5) is 24.4. The first-order valence-corrected chi connectivity index (χ1v) is 28.1. The Labute approximate surface area is 409 Å². The van der Waals surface area contributed by atoms with Crippen LogP contribution in [0.4, 0.5) is 0 Å². The Bertz CT molecular complexity index is 1220. The highest BCUT2D eigenvalue weighted by Gasteiger charge is 2.15. The minimum absolute atomic E-state index is 0.107. The molecule has 1 atom stereocenters. The first-order chi connectivity index (χ1) is 32.6. The Morgan fingerprint density at radius 1 is 0.379 bits per heavy atom. The molecule has 0 heterocycles. The van der Waals surface area contributed by atoms with Gasteiger partial charge >= 0.3 is 11.9 Å². The van der Waals surface area contributed by atoms with Crippen molar-refractivity contribution in [2.75, 3.05) is 13.2 Å². The van der Waals surface area contributed by atoms with Crippen LogP contribution in [0.2, 0.25) is 0 Å². The molecule has 0 aliphatic rings. The number of allylic oxidation sites excluding steroid dienone is 13. The predicted molar refractivity (Wildman–Crippen MR) is 288 cm³/mol. The minimum atomic E-state index is -0.829. The smallest absolute Gasteiger partial charge is 0.310 e. The second-order valence-electron chi connectivity index (χ2n) is 18.6. The van der Waals surface area contributed by atoms with E-state index in [2.05, 4.69) is 86.8 Å². The van der Waals surface area contributed by atoms with Gasteiger partial charge in [0, 0.05) is 6.42 Å². The normalized spacial score (nSPS) is 12.8. The molecule has 0 rings (SSSR count). The molecule has 0 aromatic carbocycles. The van der Waals surface area contributed by atoms with Crippen LogP contribution in [0.5, 0.6) is 0 Å². The topological polar surface area (TPSA) is 72.8 Å². The third-order valence-electron chi connectivity index (χ3n) is 12.2. The van der Waals surface area contributed by atoms with Crippen molar-refractivity contribution in [1.82, 2.24) is 0 Å². The van der Waals surface area contributed by atoms with Crippen molar-refractivity contribution in [1.29, 1.82) is 0 Å². The van der Waals surface area contributed by atoms with E-state index in [-0.39, 0.29) is 25.6 Å². The molecule has 0 saturated heterocycles. The van der Waals surface area contributed by atoms with Crippen LogP contribution in [0.25, 0.3) is 0 Å². The van der Waals surface area contributed by atoms with Gasteiger partial charge in [-0.3, -0.25) is 9.59 Å². The van der Waals surface area contributed by atoms with Gasteiger partial charge in [0.2, 0.25) is 0 Å². The van der Waals surface area contributed by atoms with Crippen molar-refractivity contribution in [3.05, 3.63) is 85.1 Å². The van der Waals surface area contributed by atoms with Gasteiger partial charge in [-0.2, -0.15) is 0 Å². The summed E-state index contributed by atoms with van der Waals surface area (Å²) < 4.78 is 10.6. The molecular formula is C61H106O5. The molecule has 5 heteroatoms. The fourth-order valence-electron chi connectivity index (χ4n) is 8.02. The highest BCUT2D eigenvalue weighted by Crippen LogP contribution is 2.17. The molecule has 0 aliphatic carbocycles. The summed E-state index contributed by atoms with van der Waals surface area (Å²) in [6, 6.07) is 0. The van der Waals surface area contributed by atoms with Gasteiger partial charge in [0.25, 0.3) is 0 Å². The third-order valence-corrected chi connectivity index (χ3v) is 12.2. The van der Waals surface area contributed by atoms with Crippen LogP contribution >= 0.6 is 0 Å². The van der Waals surface area contributed by atoms with E-state index in [1.165, 1.54) is 186 Å². The van der Waals surface area contributed by atoms with Crippen molar-refractivity contribution in [3.63, 3.8) is 0 Å². The molecule has 0 amide bonds. The number of hydrogen-bond acceptors (Lipinski definition) is 5. The standard InChI is InChI=1S/C61H106O5/c1-3-5-7-9-11-13-15-17-19-20-21-22-23-24-25-26-27-28-29-30-31-32-33-34-35-36-37-38-39-40-42-43-45-47-49-51-53-55-60(63)65-58-59(57-62)66-61(64)56-54-52-50-48-46-44-41-18-16-14-12-10-8-6-4-2/h6,8,12,14-15,17-18,20-21,41,46,48,52,54,59,62H,3-5,7,9-11,13,16,19,22-40,42-45,47,49-51,53,55-58H2,1-2H3/b8-6-,14-12-,17-15-,21-20-,41-18-,48-46-,54-52-. The highest BCUT2D eigenvalue weighted by atomic mass is 16.6. The number of aliphatic hydroxyl groups is 1. The van der Waals surface area contributed by atoms with Gasteiger partial charge in [-0.25, -0.2) is 0 Å². The molecule has 0 aromatic heterocycles. The van der Waals surface area contributed by atoms with Crippen molar-refractivity contribution < 1.29 is 24.2 Å². The van der Waals surface area contributed by atoms with Crippen LogP contribution in [0.15, 0.2) is 85.1 Å². The second kappa shape index (κ2) is 56.4. The Morgan fingerprint density at radius 2 is 0.697 bits per heavy atom. The number of rotatable bonds is 51. The van der Waals surface area contributed by atoms with Crippen LogP contribution in [0, 0.1) is 0 Å². The summed E-state index contributed by atoms with van der Waals surface area (Å²) in [5.41, 5.74) is 0. The van der Waals surface area contributed by atoms with Crippen molar-refractivity contribution >= 4 is 11.9 Å². The van der Waals surface area contributed by atoms with Crippen LogP contribution in [0.3, 0.4) is 0 Å². The number of unbranched alkanes of at least 4 members (excludes halogenated alkanes) is 30. The van der Waals surface area contributed by atoms with Gasteiger partial charge in [0.15, 0.2) is 6.10 Å². The minimum Gasteiger partial charge on any atom is -0.462 e. The van der Waals surface area contributed by atoms with E-state index in [1.54, 1.807) is 6.08 Å². The zero-order valence-electron chi connectivity index (χ0n) is 43.4.